The van der Waals surface area contributed by atoms with Crippen molar-refractivity contribution in [3.8, 4) is 5.75 Å². The van der Waals surface area contributed by atoms with E-state index in [1.807, 2.05) is 36.4 Å². The van der Waals surface area contributed by atoms with Gasteiger partial charge in [0, 0.05) is 18.2 Å². The molecule has 0 saturated carbocycles. The molecule has 3 nitrogen and oxygen atoms in total. The van der Waals surface area contributed by atoms with Gasteiger partial charge in [0.05, 0.1) is 6.61 Å². The number of aliphatic hydroxyl groups is 1. The maximum atomic E-state index is 9.23. The number of hydrogen-bond donors (Lipinski definition) is 2. The summed E-state index contributed by atoms with van der Waals surface area (Å²) in [6.45, 7) is 3.48. The predicted molar refractivity (Wildman–Crippen MR) is 85.2 cm³/mol. The maximum Gasteiger partial charge on any atom is 0.124 e. The lowest BCUT2D eigenvalue weighted by atomic mass is 10.1. The number of aliphatic hydroxyl groups excluding tert-OH is 1. The molecule has 2 rings (SSSR count). The van der Waals surface area contributed by atoms with Gasteiger partial charge in [-0.3, -0.25) is 0 Å². The average molecular weight is 285 g/mol. The summed E-state index contributed by atoms with van der Waals surface area (Å²) >= 11 is 0. The Bertz CT molecular complexity index is 524. The number of benzene rings is 2. The minimum atomic E-state index is 0.132. The standard InChI is InChI=1S/C18H23NO2/c1-2-17(13-20)19-12-16-10-6-7-11-18(16)21-14-15-8-4-3-5-9-15/h3-11,17,19-20H,2,12-14H2,1H3/t17-/m0/s1. The fraction of sp³-hybridized carbons (Fsp3) is 0.333. The molecule has 21 heavy (non-hydrogen) atoms. The van der Waals surface area contributed by atoms with E-state index in [4.69, 9.17) is 4.74 Å². The molecule has 112 valence electrons. The molecule has 0 fully saturated rings. The molecule has 2 N–H and O–H groups in total. The van der Waals surface area contributed by atoms with Gasteiger partial charge in [0.2, 0.25) is 0 Å². The molecule has 2 aromatic carbocycles. The van der Waals surface area contributed by atoms with E-state index in [0.717, 1.165) is 23.3 Å². The second kappa shape index (κ2) is 8.45. The van der Waals surface area contributed by atoms with Crippen LogP contribution in [0.4, 0.5) is 0 Å². The average Bonchev–Trinajstić information content (AvgIpc) is 2.56. The molecule has 0 aromatic heterocycles. The van der Waals surface area contributed by atoms with E-state index in [1.165, 1.54) is 0 Å². The lowest BCUT2D eigenvalue weighted by molar-refractivity contribution is 0.237. The van der Waals surface area contributed by atoms with Crippen molar-refractivity contribution in [2.75, 3.05) is 6.61 Å². The van der Waals surface area contributed by atoms with Crippen molar-refractivity contribution in [3.05, 3.63) is 65.7 Å². The van der Waals surface area contributed by atoms with Gasteiger partial charge in [-0.25, -0.2) is 0 Å². The summed E-state index contributed by atoms with van der Waals surface area (Å²) in [5.41, 5.74) is 2.27. The van der Waals surface area contributed by atoms with Crippen LogP contribution in [0.2, 0.25) is 0 Å². The van der Waals surface area contributed by atoms with E-state index in [1.54, 1.807) is 0 Å². The third-order valence-electron chi connectivity index (χ3n) is 3.50. The highest BCUT2D eigenvalue weighted by atomic mass is 16.5. The van der Waals surface area contributed by atoms with Crippen molar-refractivity contribution in [1.82, 2.24) is 5.32 Å². The Morgan fingerprint density at radius 3 is 2.48 bits per heavy atom. The van der Waals surface area contributed by atoms with Gasteiger partial charge < -0.3 is 15.2 Å². The highest BCUT2D eigenvalue weighted by molar-refractivity contribution is 5.33. The number of nitrogens with one attached hydrogen (secondary N) is 1. The SMILES string of the molecule is CC[C@@H](CO)NCc1ccccc1OCc1ccccc1. The van der Waals surface area contributed by atoms with Gasteiger partial charge in [-0.2, -0.15) is 0 Å². The predicted octanol–water partition coefficient (Wildman–Crippen LogP) is 3.13. The fourth-order valence-electron chi connectivity index (χ4n) is 2.12. The summed E-state index contributed by atoms with van der Waals surface area (Å²) in [6.07, 6.45) is 0.906. The van der Waals surface area contributed by atoms with Crippen molar-refractivity contribution in [1.29, 1.82) is 0 Å². The molecular weight excluding hydrogens is 262 g/mol. The quantitative estimate of drug-likeness (QED) is 0.783. The molecule has 0 aliphatic heterocycles. The summed E-state index contributed by atoms with van der Waals surface area (Å²) in [4.78, 5) is 0. The Hall–Kier alpha value is -1.84. The van der Waals surface area contributed by atoms with E-state index in [-0.39, 0.29) is 12.6 Å². The molecule has 0 spiro atoms. The zero-order chi connectivity index (χ0) is 14.9. The molecule has 0 radical (unpaired) electrons. The highest BCUT2D eigenvalue weighted by Gasteiger charge is 2.07. The first-order valence-electron chi connectivity index (χ1n) is 7.42. The van der Waals surface area contributed by atoms with Gasteiger partial charge in [0.25, 0.3) is 0 Å². The Kier molecular flexibility index (Phi) is 6.25. The fourth-order valence-corrected chi connectivity index (χ4v) is 2.12. The molecule has 0 aliphatic rings. The van der Waals surface area contributed by atoms with Gasteiger partial charge >= 0.3 is 0 Å². The summed E-state index contributed by atoms with van der Waals surface area (Å²) in [7, 11) is 0. The number of ether oxygens (including phenoxy) is 1. The summed E-state index contributed by atoms with van der Waals surface area (Å²) in [6, 6.07) is 18.3. The Morgan fingerprint density at radius 2 is 1.76 bits per heavy atom. The lowest BCUT2D eigenvalue weighted by Crippen LogP contribution is -2.31. The minimum absolute atomic E-state index is 0.132. The van der Waals surface area contributed by atoms with E-state index in [2.05, 4.69) is 30.4 Å². The van der Waals surface area contributed by atoms with E-state index >= 15 is 0 Å². The second-order valence-electron chi connectivity index (χ2n) is 5.05. The molecule has 2 aromatic rings. The number of hydrogen-bond acceptors (Lipinski definition) is 3. The van der Waals surface area contributed by atoms with Crippen molar-refractivity contribution in [2.45, 2.75) is 32.5 Å². The van der Waals surface area contributed by atoms with Crippen LogP contribution >= 0.6 is 0 Å². The van der Waals surface area contributed by atoms with Gasteiger partial charge in [-0.1, -0.05) is 55.5 Å². The topological polar surface area (TPSA) is 41.5 Å². The summed E-state index contributed by atoms with van der Waals surface area (Å²) < 4.78 is 5.92. The lowest BCUT2D eigenvalue weighted by Gasteiger charge is -2.16. The van der Waals surface area contributed by atoms with Crippen molar-refractivity contribution < 1.29 is 9.84 Å². The zero-order valence-corrected chi connectivity index (χ0v) is 12.5. The van der Waals surface area contributed by atoms with Crippen LogP contribution in [0.15, 0.2) is 54.6 Å². The first-order chi connectivity index (χ1) is 10.3. The van der Waals surface area contributed by atoms with Crippen LogP contribution < -0.4 is 10.1 Å². The van der Waals surface area contributed by atoms with Gasteiger partial charge in [-0.05, 0) is 18.1 Å². The van der Waals surface area contributed by atoms with Crippen molar-refractivity contribution >= 4 is 0 Å². The van der Waals surface area contributed by atoms with Gasteiger partial charge in [-0.15, -0.1) is 0 Å². The molecule has 0 saturated heterocycles. The zero-order valence-electron chi connectivity index (χ0n) is 12.5. The molecule has 0 amide bonds. The third kappa shape index (κ3) is 4.88. The first kappa shape index (κ1) is 15.5. The minimum Gasteiger partial charge on any atom is -0.489 e. The monoisotopic (exact) mass is 285 g/mol. The maximum absolute atomic E-state index is 9.23. The Balaban J connectivity index is 1.96. The largest absolute Gasteiger partial charge is 0.489 e. The molecule has 0 heterocycles. The van der Waals surface area contributed by atoms with E-state index in [9.17, 15) is 5.11 Å². The molecule has 1 atom stereocenters. The Morgan fingerprint density at radius 1 is 1.05 bits per heavy atom. The van der Waals surface area contributed by atoms with Gasteiger partial charge in [0.15, 0.2) is 0 Å². The summed E-state index contributed by atoms with van der Waals surface area (Å²) in [5.74, 6) is 0.890. The van der Waals surface area contributed by atoms with Crippen LogP contribution in [-0.4, -0.2) is 17.8 Å². The van der Waals surface area contributed by atoms with Crippen LogP contribution in [0, 0.1) is 0 Å². The molecule has 0 bridgehead atoms. The van der Waals surface area contributed by atoms with Crippen LogP contribution in [0.1, 0.15) is 24.5 Å². The normalized spacial score (nSPS) is 12.1. The third-order valence-corrected chi connectivity index (χ3v) is 3.50. The van der Waals surface area contributed by atoms with E-state index in [0.29, 0.717) is 13.2 Å². The van der Waals surface area contributed by atoms with Crippen molar-refractivity contribution in [3.63, 3.8) is 0 Å². The van der Waals surface area contributed by atoms with Crippen LogP contribution in [0.3, 0.4) is 0 Å². The number of para-hydroxylation sites is 1. The van der Waals surface area contributed by atoms with Crippen molar-refractivity contribution in [2.24, 2.45) is 0 Å². The van der Waals surface area contributed by atoms with Crippen LogP contribution in [-0.2, 0) is 13.2 Å². The van der Waals surface area contributed by atoms with E-state index < -0.39 is 0 Å². The molecule has 0 unspecified atom stereocenters. The molecule has 3 heteroatoms. The summed E-state index contributed by atoms with van der Waals surface area (Å²) in [5, 5.41) is 12.6. The van der Waals surface area contributed by atoms with Crippen LogP contribution in [0.5, 0.6) is 5.75 Å². The highest BCUT2D eigenvalue weighted by Crippen LogP contribution is 2.19. The van der Waals surface area contributed by atoms with Gasteiger partial charge in [0.1, 0.15) is 12.4 Å². The Labute approximate surface area is 126 Å². The number of rotatable bonds is 8. The first-order valence-corrected chi connectivity index (χ1v) is 7.42. The van der Waals surface area contributed by atoms with Crippen LogP contribution in [0.25, 0.3) is 0 Å². The second-order valence-corrected chi connectivity index (χ2v) is 5.05. The molecule has 0 aliphatic carbocycles. The molecular formula is C18H23NO2. The smallest absolute Gasteiger partial charge is 0.124 e.